The van der Waals surface area contributed by atoms with E-state index in [-0.39, 0.29) is 55.4 Å². The molecule has 21 nitrogen and oxygen atoms in total. The van der Waals surface area contributed by atoms with Crippen molar-refractivity contribution in [3.8, 4) is 17.2 Å². The Hall–Kier alpha value is -10.5. The van der Waals surface area contributed by atoms with E-state index in [1.54, 1.807) is 64.1 Å². The van der Waals surface area contributed by atoms with Crippen LogP contribution >= 0.6 is 0 Å². The number of nitrogens with one attached hydrogen (secondary N) is 4. The molecular formula is C95H143N13O8. The van der Waals surface area contributed by atoms with E-state index in [1.807, 2.05) is 30.3 Å². The average Bonchev–Trinajstić information content (AvgIpc) is 1.32. The van der Waals surface area contributed by atoms with Crippen LogP contribution in [0.1, 0.15) is 239 Å². The predicted molar refractivity (Wildman–Crippen MR) is 490 cm³/mol. The maximum atomic E-state index is 13.0. The van der Waals surface area contributed by atoms with Gasteiger partial charge in [-0.3, -0.25) is 45.7 Å². The number of hydrogen-bond donors (Lipinski definition) is 8. The Morgan fingerprint density at radius 2 is 0.681 bits per heavy atom. The quantitative estimate of drug-likeness (QED) is 0.00885. The number of aliphatic imine (C=N–C) groups is 2. The molecule has 0 aliphatic carbocycles. The molecule has 21 heteroatoms. The van der Waals surface area contributed by atoms with Gasteiger partial charge < -0.3 is 50.6 Å². The molecule has 0 saturated heterocycles. The highest BCUT2D eigenvalue weighted by molar-refractivity contribution is 6.07. The third-order valence-corrected chi connectivity index (χ3v) is 18.3. The molecule has 10 N–H and O–H groups in total. The van der Waals surface area contributed by atoms with E-state index in [2.05, 4.69) is 243 Å². The Kier molecular flexibility index (Phi) is 51.1. The van der Waals surface area contributed by atoms with Crippen molar-refractivity contribution in [1.29, 1.82) is 5.41 Å². The van der Waals surface area contributed by atoms with Crippen LogP contribution in [-0.2, 0) is 0 Å². The molecule has 0 atom stereocenters. The summed E-state index contributed by atoms with van der Waals surface area (Å²) in [6, 6.07) is 17.8. The van der Waals surface area contributed by atoms with Gasteiger partial charge in [0.25, 0.3) is 17.7 Å². The van der Waals surface area contributed by atoms with Gasteiger partial charge in [0.2, 0.25) is 5.96 Å². The largest absolute Gasteiger partial charge is 0.495 e. The molecule has 0 radical (unpaired) electrons. The smallest absolute Gasteiger partial charge is 0.258 e. The molecule has 0 saturated carbocycles. The zero-order valence-electron chi connectivity index (χ0n) is 74.2. The summed E-state index contributed by atoms with van der Waals surface area (Å²) >= 11 is 0. The molecule has 1 heterocycles. The summed E-state index contributed by atoms with van der Waals surface area (Å²) in [5.41, 5.74) is 31.4. The number of carbonyl (C=O) groups is 3. The Bertz CT molecular complexity index is 4030. The van der Waals surface area contributed by atoms with Crippen molar-refractivity contribution in [2.45, 2.75) is 208 Å². The lowest BCUT2D eigenvalue weighted by molar-refractivity contribution is 0.0967. The number of allylic oxidation sites excluding steroid dienone is 18. The van der Waals surface area contributed by atoms with Crippen LogP contribution in [0.3, 0.4) is 0 Å². The first-order chi connectivity index (χ1) is 55.2. The minimum absolute atomic E-state index is 0.0220. The number of aliphatic hydroxyl groups excluding tert-OH is 2. The van der Waals surface area contributed by atoms with Crippen LogP contribution in [0.4, 0.5) is 17.1 Å². The average molecular weight is 1600 g/mol. The Morgan fingerprint density at radius 3 is 0.914 bits per heavy atom. The van der Waals surface area contributed by atoms with Crippen molar-refractivity contribution >= 4 is 52.7 Å². The first-order valence-electron chi connectivity index (χ1n) is 40.6. The Labute approximate surface area is 696 Å². The highest BCUT2D eigenvalue weighted by Crippen LogP contribution is 2.34. The summed E-state index contributed by atoms with van der Waals surface area (Å²) in [6.45, 7) is 42.9. The van der Waals surface area contributed by atoms with E-state index in [1.165, 1.54) is 71.6 Å². The van der Waals surface area contributed by atoms with E-state index < -0.39 is 0 Å². The predicted octanol–water partition coefficient (Wildman–Crippen LogP) is 19.5. The van der Waals surface area contributed by atoms with Gasteiger partial charge in [0.05, 0.1) is 51.5 Å². The number of aromatic nitrogens is 2. The maximum Gasteiger partial charge on any atom is 0.258 e. The monoisotopic (exact) mass is 1590 g/mol. The lowest BCUT2D eigenvalue weighted by Gasteiger charge is -2.25. The number of anilines is 3. The topological polar surface area (TPSA) is 284 Å². The van der Waals surface area contributed by atoms with Gasteiger partial charge in [-0.05, 0) is 269 Å². The lowest BCUT2D eigenvalue weighted by atomic mass is 10.1. The highest BCUT2D eigenvalue weighted by atomic mass is 16.5. The van der Waals surface area contributed by atoms with Crippen LogP contribution in [0.15, 0.2) is 223 Å². The second kappa shape index (κ2) is 58.3. The van der Waals surface area contributed by atoms with E-state index >= 15 is 0 Å². The number of methoxy groups -OCH3 is 3. The molecule has 0 spiro atoms. The second-order valence-electron chi connectivity index (χ2n) is 30.6. The molecule has 0 aliphatic heterocycles. The van der Waals surface area contributed by atoms with Crippen LogP contribution in [0.25, 0.3) is 0 Å². The zero-order chi connectivity index (χ0) is 86.5. The number of rotatable bonds is 44. The molecule has 4 rings (SSSR count). The molecule has 1 aromatic heterocycles. The molecule has 0 bridgehead atoms. The molecule has 3 amide bonds. The molecule has 0 unspecified atom stereocenters. The standard InChI is InChI=1S/C32H45N5O2.C32H50N4O3.C31H48N4O3/c1-24(2)11-8-13-26(5)17-21-36(22-18-27(6)14-9-12-25(3)4)29-23-28(15-16-30(29)39-7)31(38)35-32(33)37-20-10-19-34-37;1-24(2)11-8-13-26(5)17-20-36(21-18-27(6)14-9-12-25(3)4)29-23-28(15-16-30(29)39-7)31(38)35-32(33)34-19-10-22-37;1-23(2)10-8-12-25(5)16-19-35(20-17-26(6)13-9-11-24(3)4)28-22-27(14-15-29(28)38-7)30(37)34-31(32)33-18-21-36/h10-12,15-20,23H,8-9,13-14,21-22H2,1-7H3,(H2,33,35,38);11-12,15-18,23,37H,8-10,13-14,19-22H2,1-7H3,(H3,33,34,35,38);10-11,14-17,22,36H,8-9,12-13,18-21H2,1-7H3,(H3,32,33,34,37)/b2*26-17+,27-18+;25-16+,26-17+. The molecule has 636 valence electrons. The van der Waals surface area contributed by atoms with Crippen molar-refractivity contribution in [3.05, 3.63) is 230 Å². The van der Waals surface area contributed by atoms with E-state index in [0.717, 1.165) is 94.1 Å². The van der Waals surface area contributed by atoms with Gasteiger partial charge in [-0.2, -0.15) is 5.10 Å². The van der Waals surface area contributed by atoms with Gasteiger partial charge in [-0.1, -0.05) is 140 Å². The number of hydrogen-bond acceptors (Lipinski definition) is 15. The van der Waals surface area contributed by atoms with Gasteiger partial charge in [0, 0.05) is 81.5 Å². The first kappa shape index (κ1) is 102. The van der Waals surface area contributed by atoms with E-state index in [9.17, 15) is 14.4 Å². The van der Waals surface area contributed by atoms with Gasteiger partial charge in [0.15, 0.2) is 11.9 Å². The summed E-state index contributed by atoms with van der Waals surface area (Å²) in [4.78, 5) is 53.5. The Morgan fingerprint density at radius 1 is 0.414 bits per heavy atom. The third-order valence-electron chi connectivity index (χ3n) is 18.3. The number of amides is 3. The summed E-state index contributed by atoms with van der Waals surface area (Å²) in [5.74, 6) is 0.902. The summed E-state index contributed by atoms with van der Waals surface area (Å²) < 4.78 is 18.4. The fourth-order valence-corrected chi connectivity index (χ4v) is 11.3. The summed E-state index contributed by atoms with van der Waals surface area (Å²) in [6.07, 6.45) is 42.9. The minimum atomic E-state index is -0.374. The van der Waals surface area contributed by atoms with E-state index in [0.29, 0.717) is 86.2 Å². The van der Waals surface area contributed by atoms with Crippen LogP contribution in [-0.4, -0.2) is 142 Å². The highest BCUT2D eigenvalue weighted by Gasteiger charge is 2.20. The van der Waals surface area contributed by atoms with Crippen LogP contribution < -0.4 is 56.3 Å². The summed E-state index contributed by atoms with van der Waals surface area (Å²) in [7, 11) is 4.92. The third kappa shape index (κ3) is 44.4. The molecule has 0 aliphatic rings. The van der Waals surface area contributed by atoms with Gasteiger partial charge in [0.1, 0.15) is 17.2 Å². The van der Waals surface area contributed by atoms with Crippen molar-refractivity contribution < 1.29 is 38.8 Å². The van der Waals surface area contributed by atoms with E-state index in [4.69, 9.17) is 41.3 Å². The SMILES string of the molecule is COc1ccc(C(=O)NC(=N)n2cccn2)cc1N(C/C=C(\C)CCC=C(C)C)C/C=C(\C)CCC=C(C)C.COc1ccc(C(=O)NC(N)=NCCCO)cc1N(C/C=C(\C)CCC=C(C)C)C/C=C(\C)CCC=C(C)C.COc1ccc(C(=O)NC(N)=NCCO)cc1N(C/C=C(\C)CCC=C(C)C)C/C=C(\C)CCC=C(C)C. The number of nitrogens with zero attached hydrogens (tertiary/aromatic N) is 7. The van der Waals surface area contributed by atoms with Crippen LogP contribution in [0, 0.1) is 5.41 Å². The van der Waals surface area contributed by atoms with Gasteiger partial charge in [-0.15, -0.1) is 0 Å². The van der Waals surface area contributed by atoms with Gasteiger partial charge in [-0.25, -0.2) is 4.68 Å². The number of aliphatic hydroxyl groups is 2. The molecular weight excluding hydrogens is 1450 g/mol. The molecule has 3 aromatic carbocycles. The number of guanidine groups is 2. The Balaban J connectivity index is 0.000000590. The number of nitrogens with two attached hydrogens (primary N) is 2. The molecule has 0 fully saturated rings. The number of ether oxygens (including phenoxy) is 3. The van der Waals surface area contributed by atoms with Crippen molar-refractivity contribution in [2.24, 2.45) is 21.5 Å². The number of carbonyl (C=O) groups excluding carboxylic acids is 3. The van der Waals surface area contributed by atoms with Crippen molar-refractivity contribution in [1.82, 2.24) is 25.7 Å². The van der Waals surface area contributed by atoms with Crippen molar-refractivity contribution in [3.63, 3.8) is 0 Å². The zero-order valence-corrected chi connectivity index (χ0v) is 74.2. The maximum absolute atomic E-state index is 13.0. The number of benzene rings is 3. The first-order valence-corrected chi connectivity index (χ1v) is 40.6. The molecule has 116 heavy (non-hydrogen) atoms. The van der Waals surface area contributed by atoms with Crippen molar-refractivity contribution in [2.75, 3.05) is 102 Å². The van der Waals surface area contributed by atoms with Crippen LogP contribution in [0.5, 0.6) is 17.2 Å². The second-order valence-corrected chi connectivity index (χ2v) is 30.6. The van der Waals surface area contributed by atoms with Crippen LogP contribution in [0.2, 0.25) is 0 Å². The normalized spacial score (nSPS) is 12.0. The summed E-state index contributed by atoms with van der Waals surface area (Å²) in [5, 5.41) is 37.9. The lowest BCUT2D eigenvalue weighted by Crippen LogP contribution is -2.37. The fourth-order valence-electron chi connectivity index (χ4n) is 11.3. The minimum Gasteiger partial charge on any atom is -0.495 e. The van der Waals surface area contributed by atoms with Gasteiger partial charge >= 0.3 is 0 Å². The fraction of sp³-hybridized carbons (Fsp3) is 0.463. The molecule has 4 aromatic rings.